The van der Waals surface area contributed by atoms with Gasteiger partial charge in [0.15, 0.2) is 0 Å². The molecule has 0 radical (unpaired) electrons. The smallest absolute Gasteiger partial charge is 0.309 e. The number of carboxylic acid groups (broad SMARTS) is 1. The molecule has 0 saturated carbocycles. The van der Waals surface area contributed by atoms with Gasteiger partial charge in [0.05, 0.1) is 12.0 Å². The highest BCUT2D eigenvalue weighted by atomic mass is 16.5. The van der Waals surface area contributed by atoms with Crippen LogP contribution in [-0.2, 0) is 4.79 Å². The van der Waals surface area contributed by atoms with E-state index in [1.807, 2.05) is 31.2 Å². The third-order valence-electron chi connectivity index (χ3n) is 3.88. The Labute approximate surface area is 113 Å². The quantitative estimate of drug-likeness (QED) is 0.855. The van der Waals surface area contributed by atoms with E-state index in [-0.39, 0.29) is 0 Å². The average Bonchev–Trinajstić information content (AvgIpc) is 2.42. The van der Waals surface area contributed by atoms with Gasteiger partial charge in [0.25, 0.3) is 0 Å². The molecule has 4 nitrogen and oxygen atoms in total. The highest BCUT2D eigenvalue weighted by Crippen LogP contribution is 2.33. The fourth-order valence-electron chi connectivity index (χ4n) is 2.47. The second kappa shape index (κ2) is 6.06. The summed E-state index contributed by atoms with van der Waals surface area (Å²) in [6.07, 6.45) is 1.93. The highest BCUT2D eigenvalue weighted by Gasteiger charge is 2.39. The molecule has 2 rings (SSSR count). The first kappa shape index (κ1) is 13.9. The van der Waals surface area contributed by atoms with Crippen molar-refractivity contribution in [1.29, 1.82) is 0 Å². The number of aliphatic carboxylic acids is 1. The summed E-state index contributed by atoms with van der Waals surface area (Å²) < 4.78 is 5.66. The Bertz CT molecular complexity index is 422. The first-order valence-corrected chi connectivity index (χ1v) is 6.76. The molecule has 104 valence electrons. The molecule has 1 heterocycles. The minimum atomic E-state index is -0.693. The predicted octanol–water partition coefficient (Wildman–Crippen LogP) is 2.22. The van der Waals surface area contributed by atoms with Crippen molar-refractivity contribution in [3.05, 3.63) is 29.8 Å². The molecule has 0 aromatic heterocycles. The van der Waals surface area contributed by atoms with Crippen molar-refractivity contribution in [3.8, 4) is 5.75 Å². The van der Waals surface area contributed by atoms with E-state index >= 15 is 0 Å². The van der Waals surface area contributed by atoms with E-state index in [1.165, 1.54) is 5.56 Å². The van der Waals surface area contributed by atoms with E-state index in [0.717, 1.165) is 18.8 Å². The third-order valence-corrected chi connectivity index (χ3v) is 3.88. The molecular weight excluding hydrogens is 242 g/mol. The second-order valence-corrected chi connectivity index (χ2v) is 5.25. The van der Waals surface area contributed by atoms with E-state index in [0.29, 0.717) is 25.9 Å². The van der Waals surface area contributed by atoms with Crippen LogP contribution in [0, 0.1) is 12.3 Å². The Kier molecular flexibility index (Phi) is 4.43. The lowest BCUT2D eigenvalue weighted by Crippen LogP contribution is -2.43. The summed E-state index contributed by atoms with van der Waals surface area (Å²) in [6.45, 7) is 4.03. The normalized spacial score (nSPS) is 17.9. The predicted molar refractivity (Wildman–Crippen MR) is 73.5 cm³/mol. The summed E-state index contributed by atoms with van der Waals surface area (Å²) in [7, 11) is 0. The first-order chi connectivity index (χ1) is 9.12. The Morgan fingerprint density at radius 3 is 2.53 bits per heavy atom. The number of hydrogen-bond acceptors (Lipinski definition) is 3. The van der Waals surface area contributed by atoms with Crippen LogP contribution in [0.25, 0.3) is 0 Å². The Balaban J connectivity index is 1.89. The van der Waals surface area contributed by atoms with Gasteiger partial charge in [0.1, 0.15) is 5.75 Å². The van der Waals surface area contributed by atoms with Gasteiger partial charge in [-0.15, -0.1) is 0 Å². The molecule has 1 aromatic carbocycles. The molecular formula is C15H21NO3. The molecule has 1 saturated heterocycles. The van der Waals surface area contributed by atoms with Crippen LogP contribution in [0.5, 0.6) is 5.75 Å². The summed E-state index contributed by atoms with van der Waals surface area (Å²) in [6, 6.07) is 7.83. The van der Waals surface area contributed by atoms with Crippen LogP contribution in [0.4, 0.5) is 0 Å². The van der Waals surface area contributed by atoms with Crippen molar-refractivity contribution >= 4 is 5.97 Å². The van der Waals surface area contributed by atoms with Crippen LogP contribution in [-0.4, -0.2) is 30.8 Å². The van der Waals surface area contributed by atoms with Gasteiger partial charge >= 0.3 is 5.97 Å². The van der Waals surface area contributed by atoms with Crippen LogP contribution >= 0.6 is 0 Å². The monoisotopic (exact) mass is 263 g/mol. The van der Waals surface area contributed by atoms with Crippen LogP contribution in [0.1, 0.15) is 24.8 Å². The minimum absolute atomic E-state index is 0.454. The number of nitrogens with one attached hydrogen (secondary N) is 1. The molecule has 0 amide bonds. The van der Waals surface area contributed by atoms with E-state index in [4.69, 9.17) is 4.74 Å². The largest absolute Gasteiger partial charge is 0.494 e. The Morgan fingerprint density at radius 1 is 1.32 bits per heavy atom. The maximum absolute atomic E-state index is 11.5. The van der Waals surface area contributed by atoms with Gasteiger partial charge < -0.3 is 15.2 Å². The number of carboxylic acids is 1. The van der Waals surface area contributed by atoms with Crippen molar-refractivity contribution in [1.82, 2.24) is 5.32 Å². The van der Waals surface area contributed by atoms with Crippen molar-refractivity contribution in [3.63, 3.8) is 0 Å². The van der Waals surface area contributed by atoms with Crippen molar-refractivity contribution in [2.45, 2.75) is 26.2 Å². The van der Waals surface area contributed by atoms with E-state index in [1.54, 1.807) is 0 Å². The summed E-state index contributed by atoms with van der Waals surface area (Å²) in [5, 5.41) is 12.6. The lowest BCUT2D eigenvalue weighted by atomic mass is 9.76. The van der Waals surface area contributed by atoms with Crippen LogP contribution in [0.2, 0.25) is 0 Å². The SMILES string of the molecule is Cc1ccc(OCCC2(C(=O)O)CCNCC2)cc1. The maximum Gasteiger partial charge on any atom is 0.309 e. The summed E-state index contributed by atoms with van der Waals surface area (Å²) in [4.78, 5) is 11.5. The zero-order valence-electron chi connectivity index (χ0n) is 11.3. The molecule has 0 aliphatic carbocycles. The molecule has 0 atom stereocenters. The number of carbonyl (C=O) groups is 1. The van der Waals surface area contributed by atoms with E-state index in [9.17, 15) is 9.90 Å². The number of aryl methyl sites for hydroxylation is 1. The van der Waals surface area contributed by atoms with Gasteiger partial charge in [-0.05, 0) is 51.4 Å². The Morgan fingerprint density at radius 2 is 1.95 bits per heavy atom. The zero-order chi connectivity index (χ0) is 13.7. The fourth-order valence-corrected chi connectivity index (χ4v) is 2.47. The number of ether oxygens (including phenoxy) is 1. The molecule has 0 unspecified atom stereocenters. The maximum atomic E-state index is 11.5. The second-order valence-electron chi connectivity index (χ2n) is 5.25. The molecule has 4 heteroatoms. The van der Waals surface area contributed by atoms with Crippen molar-refractivity contribution in [2.24, 2.45) is 5.41 Å². The lowest BCUT2D eigenvalue weighted by Gasteiger charge is -2.33. The average molecular weight is 263 g/mol. The van der Waals surface area contributed by atoms with Gasteiger partial charge in [0, 0.05) is 0 Å². The number of benzene rings is 1. The van der Waals surface area contributed by atoms with Gasteiger partial charge in [-0.2, -0.15) is 0 Å². The van der Waals surface area contributed by atoms with Crippen LogP contribution in [0.3, 0.4) is 0 Å². The molecule has 2 N–H and O–H groups in total. The van der Waals surface area contributed by atoms with Crippen molar-refractivity contribution in [2.75, 3.05) is 19.7 Å². The van der Waals surface area contributed by atoms with Crippen LogP contribution < -0.4 is 10.1 Å². The highest BCUT2D eigenvalue weighted by molar-refractivity contribution is 5.74. The third kappa shape index (κ3) is 3.47. The number of piperidine rings is 1. The first-order valence-electron chi connectivity index (χ1n) is 6.76. The van der Waals surface area contributed by atoms with E-state index in [2.05, 4.69) is 5.32 Å². The molecule has 1 aliphatic rings. The molecule has 0 bridgehead atoms. The van der Waals surface area contributed by atoms with Gasteiger partial charge in [-0.3, -0.25) is 4.79 Å². The molecule has 1 aliphatic heterocycles. The zero-order valence-corrected chi connectivity index (χ0v) is 11.3. The fraction of sp³-hybridized carbons (Fsp3) is 0.533. The van der Waals surface area contributed by atoms with Gasteiger partial charge in [-0.1, -0.05) is 17.7 Å². The van der Waals surface area contributed by atoms with Crippen molar-refractivity contribution < 1.29 is 14.6 Å². The molecule has 1 aromatic rings. The standard InChI is InChI=1S/C15H21NO3/c1-12-2-4-13(5-3-12)19-11-8-15(14(17)18)6-9-16-10-7-15/h2-5,16H,6-11H2,1H3,(H,17,18). The minimum Gasteiger partial charge on any atom is -0.494 e. The van der Waals surface area contributed by atoms with Gasteiger partial charge in [-0.25, -0.2) is 0 Å². The lowest BCUT2D eigenvalue weighted by molar-refractivity contribution is -0.151. The van der Waals surface area contributed by atoms with Gasteiger partial charge in [0.2, 0.25) is 0 Å². The molecule has 0 spiro atoms. The van der Waals surface area contributed by atoms with Crippen LogP contribution in [0.15, 0.2) is 24.3 Å². The topological polar surface area (TPSA) is 58.6 Å². The number of rotatable bonds is 5. The summed E-state index contributed by atoms with van der Waals surface area (Å²) in [5.41, 5.74) is 0.573. The molecule has 1 fully saturated rings. The number of hydrogen-bond donors (Lipinski definition) is 2. The summed E-state index contributed by atoms with van der Waals surface area (Å²) >= 11 is 0. The molecule has 19 heavy (non-hydrogen) atoms. The Hall–Kier alpha value is -1.55. The van der Waals surface area contributed by atoms with E-state index < -0.39 is 11.4 Å². The summed E-state index contributed by atoms with van der Waals surface area (Å²) in [5.74, 6) is 0.113.